The summed E-state index contributed by atoms with van der Waals surface area (Å²) < 4.78 is 2.68. The molecule has 3 heterocycles. The normalized spacial score (nSPS) is 13.9. The van der Waals surface area contributed by atoms with Crippen LogP contribution >= 0.6 is 34.0 Å². The Morgan fingerprint density at radius 3 is 2.71 bits per heavy atom. The van der Waals surface area contributed by atoms with Crippen LogP contribution in [0.4, 0.5) is 0 Å². The Balaban J connectivity index is 1.81. The predicted molar refractivity (Wildman–Crippen MR) is 94.3 cm³/mol. The van der Waals surface area contributed by atoms with Crippen molar-refractivity contribution in [3.8, 4) is 0 Å². The molecule has 1 unspecified atom stereocenters. The zero-order chi connectivity index (χ0) is 15.0. The molecule has 0 radical (unpaired) electrons. The van der Waals surface area contributed by atoms with Gasteiger partial charge < -0.3 is 0 Å². The van der Waals surface area contributed by atoms with Gasteiger partial charge in [0.15, 0.2) is 0 Å². The monoisotopic (exact) mass is 337 g/mol. The second kappa shape index (κ2) is 5.78. The maximum Gasteiger partial charge on any atom is 0.0948 e. The minimum atomic E-state index is 0.103. The zero-order valence-corrected chi connectivity index (χ0v) is 14.8. The molecule has 3 nitrogen and oxygen atoms in total. The van der Waals surface area contributed by atoms with Crippen LogP contribution in [0.1, 0.15) is 42.4 Å². The molecule has 3 aromatic heterocycles. The van der Waals surface area contributed by atoms with Gasteiger partial charge in [0.1, 0.15) is 0 Å². The second-order valence-corrected chi connectivity index (χ2v) is 9.10. The number of thiazole rings is 1. The number of nitrogens with one attached hydrogen (secondary N) is 1. The highest BCUT2D eigenvalue weighted by Crippen LogP contribution is 2.35. The van der Waals surface area contributed by atoms with E-state index in [1.54, 1.807) is 22.7 Å². The van der Waals surface area contributed by atoms with Crippen LogP contribution in [0.3, 0.4) is 0 Å². The molecule has 112 valence electrons. The van der Waals surface area contributed by atoms with Gasteiger partial charge in [-0.25, -0.2) is 4.98 Å². The lowest BCUT2D eigenvalue weighted by molar-refractivity contribution is 0.547. The van der Waals surface area contributed by atoms with Crippen LogP contribution in [0.2, 0.25) is 0 Å². The SMILES string of the molecule is CC(C)(C)c1csc(CC(NN)c2cc3sccc3s2)n1. The van der Waals surface area contributed by atoms with Crippen LogP contribution in [-0.4, -0.2) is 4.98 Å². The summed E-state index contributed by atoms with van der Waals surface area (Å²) in [5.41, 5.74) is 4.21. The molecule has 3 aromatic rings. The van der Waals surface area contributed by atoms with Crippen LogP contribution in [-0.2, 0) is 11.8 Å². The fourth-order valence-corrected chi connectivity index (χ4v) is 5.37. The summed E-state index contributed by atoms with van der Waals surface area (Å²) in [5.74, 6) is 5.77. The Labute approximate surface area is 136 Å². The Bertz CT molecular complexity index is 704. The van der Waals surface area contributed by atoms with E-state index in [4.69, 9.17) is 10.8 Å². The molecule has 3 N–H and O–H groups in total. The number of nitrogens with two attached hydrogens (primary N) is 1. The summed E-state index contributed by atoms with van der Waals surface area (Å²) in [4.78, 5) is 6.05. The molecule has 0 spiro atoms. The lowest BCUT2D eigenvalue weighted by Gasteiger charge is -2.15. The minimum absolute atomic E-state index is 0.103. The molecule has 0 amide bonds. The van der Waals surface area contributed by atoms with Crippen molar-refractivity contribution in [3.05, 3.63) is 38.5 Å². The molecule has 3 rings (SSSR count). The van der Waals surface area contributed by atoms with Gasteiger partial charge in [0.05, 0.1) is 16.7 Å². The number of hydrogen-bond acceptors (Lipinski definition) is 6. The largest absolute Gasteiger partial charge is 0.271 e. The average molecular weight is 338 g/mol. The summed E-state index contributed by atoms with van der Waals surface area (Å²) >= 11 is 5.32. The van der Waals surface area contributed by atoms with E-state index < -0.39 is 0 Å². The topological polar surface area (TPSA) is 50.9 Å². The van der Waals surface area contributed by atoms with Gasteiger partial charge in [-0.1, -0.05) is 20.8 Å². The third-order valence-corrected chi connectivity index (χ3v) is 6.48. The first-order valence-electron chi connectivity index (χ1n) is 6.85. The van der Waals surface area contributed by atoms with Crippen molar-refractivity contribution >= 4 is 43.4 Å². The van der Waals surface area contributed by atoms with Gasteiger partial charge in [-0.3, -0.25) is 11.3 Å². The second-order valence-electron chi connectivity index (χ2n) is 6.10. The highest BCUT2D eigenvalue weighted by atomic mass is 32.1. The van der Waals surface area contributed by atoms with Gasteiger partial charge in [0.2, 0.25) is 0 Å². The molecule has 0 aliphatic rings. The summed E-state index contributed by atoms with van der Waals surface area (Å²) in [6.07, 6.45) is 0.838. The number of hydrogen-bond donors (Lipinski definition) is 2. The summed E-state index contributed by atoms with van der Waals surface area (Å²) in [5, 5.41) is 5.43. The van der Waals surface area contributed by atoms with Crippen molar-refractivity contribution in [2.75, 3.05) is 0 Å². The van der Waals surface area contributed by atoms with Gasteiger partial charge in [-0.15, -0.1) is 34.0 Å². The Kier molecular flexibility index (Phi) is 4.16. The number of nitrogens with zero attached hydrogens (tertiary/aromatic N) is 1. The summed E-state index contributed by atoms with van der Waals surface area (Å²) in [6, 6.07) is 4.55. The first-order chi connectivity index (χ1) is 9.97. The molecular weight excluding hydrogens is 318 g/mol. The Morgan fingerprint density at radius 1 is 1.29 bits per heavy atom. The molecule has 0 fully saturated rings. The predicted octanol–water partition coefficient (Wildman–Crippen LogP) is 4.46. The van der Waals surface area contributed by atoms with Crippen LogP contribution in [0, 0.1) is 0 Å². The molecule has 6 heteroatoms. The van der Waals surface area contributed by atoms with Crippen molar-refractivity contribution in [2.24, 2.45) is 5.84 Å². The van der Waals surface area contributed by atoms with Gasteiger partial charge >= 0.3 is 0 Å². The molecule has 0 aromatic carbocycles. The molecule has 0 saturated heterocycles. The third kappa shape index (κ3) is 3.19. The van der Waals surface area contributed by atoms with Gasteiger partial charge in [0, 0.05) is 31.5 Å². The lowest BCUT2D eigenvalue weighted by Crippen LogP contribution is -2.29. The summed E-state index contributed by atoms with van der Waals surface area (Å²) in [7, 11) is 0. The van der Waals surface area contributed by atoms with Crippen LogP contribution in [0.25, 0.3) is 9.40 Å². The van der Waals surface area contributed by atoms with Crippen molar-refractivity contribution < 1.29 is 0 Å². The van der Waals surface area contributed by atoms with Gasteiger partial charge in [-0.2, -0.15) is 0 Å². The molecule has 21 heavy (non-hydrogen) atoms. The average Bonchev–Trinajstić information content (AvgIpc) is 3.09. The number of fused-ring (bicyclic) bond motifs is 1. The van der Waals surface area contributed by atoms with Crippen molar-refractivity contribution in [2.45, 2.75) is 38.6 Å². The quantitative estimate of drug-likeness (QED) is 0.546. The zero-order valence-electron chi connectivity index (χ0n) is 12.3. The summed E-state index contributed by atoms with van der Waals surface area (Å²) in [6.45, 7) is 6.58. The molecule has 0 saturated carbocycles. The lowest BCUT2D eigenvalue weighted by atomic mass is 9.93. The van der Waals surface area contributed by atoms with Crippen molar-refractivity contribution in [1.82, 2.24) is 10.4 Å². The number of rotatable bonds is 4. The molecule has 0 bridgehead atoms. The highest BCUT2D eigenvalue weighted by Gasteiger charge is 2.20. The van der Waals surface area contributed by atoms with E-state index in [2.05, 4.69) is 49.1 Å². The fourth-order valence-electron chi connectivity index (χ4n) is 2.12. The van der Waals surface area contributed by atoms with Crippen LogP contribution in [0.15, 0.2) is 22.9 Å². The first kappa shape index (κ1) is 15.1. The standard InChI is InChI=1S/C15H19N3S3/c1-15(2,3)13-8-20-14(17-13)6-9(18-16)11-7-12-10(21-11)4-5-19-12/h4-5,7-9,18H,6,16H2,1-3H3. The minimum Gasteiger partial charge on any atom is -0.271 e. The fraction of sp³-hybridized carbons (Fsp3) is 0.400. The Hall–Kier alpha value is -0.790. The van der Waals surface area contributed by atoms with E-state index in [-0.39, 0.29) is 11.5 Å². The van der Waals surface area contributed by atoms with E-state index >= 15 is 0 Å². The van der Waals surface area contributed by atoms with E-state index in [0.717, 1.165) is 17.1 Å². The van der Waals surface area contributed by atoms with E-state index in [1.165, 1.54) is 14.3 Å². The molecule has 1 atom stereocenters. The molecular formula is C15H19N3S3. The smallest absolute Gasteiger partial charge is 0.0948 e. The molecule has 0 aliphatic heterocycles. The van der Waals surface area contributed by atoms with Crippen LogP contribution in [0.5, 0.6) is 0 Å². The molecule has 0 aliphatic carbocycles. The van der Waals surface area contributed by atoms with Gasteiger partial charge in [-0.05, 0) is 17.5 Å². The van der Waals surface area contributed by atoms with Crippen molar-refractivity contribution in [1.29, 1.82) is 0 Å². The van der Waals surface area contributed by atoms with E-state index in [0.29, 0.717) is 0 Å². The van der Waals surface area contributed by atoms with E-state index in [1.807, 2.05) is 11.3 Å². The first-order valence-corrected chi connectivity index (χ1v) is 9.43. The Morgan fingerprint density at radius 2 is 2.10 bits per heavy atom. The maximum absolute atomic E-state index is 5.77. The number of thiophene rings is 2. The highest BCUT2D eigenvalue weighted by molar-refractivity contribution is 7.27. The van der Waals surface area contributed by atoms with Crippen molar-refractivity contribution in [3.63, 3.8) is 0 Å². The third-order valence-electron chi connectivity index (χ3n) is 3.40. The van der Waals surface area contributed by atoms with Crippen LogP contribution < -0.4 is 11.3 Å². The van der Waals surface area contributed by atoms with E-state index in [9.17, 15) is 0 Å². The maximum atomic E-state index is 5.77. The number of hydrazine groups is 1. The number of aromatic nitrogens is 1. The van der Waals surface area contributed by atoms with Gasteiger partial charge in [0.25, 0.3) is 0 Å².